The fourth-order valence-electron chi connectivity index (χ4n) is 2.49. The van der Waals surface area contributed by atoms with Crippen molar-refractivity contribution in [1.29, 1.82) is 0 Å². The molecule has 7 heteroatoms. The van der Waals surface area contributed by atoms with Crippen molar-refractivity contribution in [3.63, 3.8) is 0 Å². The van der Waals surface area contributed by atoms with E-state index in [0.29, 0.717) is 24.3 Å². The van der Waals surface area contributed by atoms with Crippen LogP contribution < -0.4 is 9.46 Å². The highest BCUT2D eigenvalue weighted by molar-refractivity contribution is 7.90. The average Bonchev–Trinajstić information content (AvgIpc) is 2.54. The maximum absolute atomic E-state index is 12.9. The molecule has 1 amide bonds. The van der Waals surface area contributed by atoms with Gasteiger partial charge >= 0.3 is 0 Å². The predicted octanol–water partition coefficient (Wildman–Crippen LogP) is 2.20. The third-order valence-corrected chi connectivity index (χ3v) is 5.00. The van der Waals surface area contributed by atoms with E-state index in [0.717, 1.165) is 24.3 Å². The molecule has 1 heterocycles. The third-order valence-electron chi connectivity index (χ3n) is 3.63. The summed E-state index contributed by atoms with van der Waals surface area (Å²) in [7, 11) is -4.04. The fraction of sp³-hybridized carbons (Fsp3) is 0.188. The second kappa shape index (κ2) is 6.00. The van der Waals surface area contributed by atoms with E-state index in [1.807, 2.05) is 0 Å². The number of hydrogen-bond donors (Lipinski definition) is 1. The van der Waals surface area contributed by atoms with E-state index < -0.39 is 27.7 Å². The summed E-state index contributed by atoms with van der Waals surface area (Å²) in [5.74, 6) is -1.19. The minimum atomic E-state index is -4.04. The normalized spacial score (nSPS) is 17.0. The van der Waals surface area contributed by atoms with E-state index in [1.54, 1.807) is 24.3 Å². The number of sulfonamides is 1. The summed E-state index contributed by atoms with van der Waals surface area (Å²) < 4.78 is 44.9. The van der Waals surface area contributed by atoms with Crippen LogP contribution in [-0.4, -0.2) is 20.9 Å². The lowest BCUT2D eigenvalue weighted by molar-refractivity contribution is -0.121. The summed E-state index contributed by atoms with van der Waals surface area (Å²) in [6.45, 7) is 0.339. The Bertz CT molecular complexity index is 833. The first kappa shape index (κ1) is 15.5. The molecule has 0 saturated heterocycles. The van der Waals surface area contributed by atoms with Crippen LogP contribution in [0.2, 0.25) is 0 Å². The van der Waals surface area contributed by atoms with Crippen molar-refractivity contribution in [2.24, 2.45) is 0 Å². The van der Waals surface area contributed by atoms with Gasteiger partial charge in [0.15, 0.2) is 0 Å². The lowest BCUT2D eigenvalue weighted by Crippen LogP contribution is -2.36. The largest absolute Gasteiger partial charge is 0.493 e. The molecule has 0 saturated carbocycles. The summed E-state index contributed by atoms with van der Waals surface area (Å²) in [5.41, 5.74) is 0.658. The predicted molar refractivity (Wildman–Crippen MR) is 81.0 cm³/mol. The molecule has 0 aromatic heterocycles. The Balaban J connectivity index is 1.84. The standard InChI is InChI=1S/C16H14FNO4S/c17-11-5-7-12(8-6-11)23(20,21)18-16(19)14-9-10-22-15-4-2-1-3-13(14)15/h1-8,14H,9-10H2,(H,18,19)/t14-/m1/s1. The molecule has 0 aliphatic carbocycles. The number of amides is 1. The molecule has 0 fully saturated rings. The van der Waals surface area contributed by atoms with E-state index in [2.05, 4.69) is 4.72 Å². The molecule has 0 spiro atoms. The molecule has 0 radical (unpaired) electrons. The van der Waals surface area contributed by atoms with Gasteiger partial charge in [-0.2, -0.15) is 0 Å². The minimum absolute atomic E-state index is 0.160. The molecule has 3 rings (SSSR count). The van der Waals surface area contributed by atoms with E-state index in [4.69, 9.17) is 4.74 Å². The molecule has 0 unspecified atom stereocenters. The van der Waals surface area contributed by atoms with E-state index in [1.165, 1.54) is 0 Å². The molecule has 5 nitrogen and oxygen atoms in total. The fourth-order valence-corrected chi connectivity index (χ4v) is 3.51. The molecular weight excluding hydrogens is 321 g/mol. The Labute approximate surface area is 133 Å². The molecule has 1 aliphatic rings. The average molecular weight is 335 g/mol. The highest BCUT2D eigenvalue weighted by atomic mass is 32.2. The van der Waals surface area contributed by atoms with E-state index in [9.17, 15) is 17.6 Å². The first-order valence-corrected chi connectivity index (χ1v) is 8.49. The third kappa shape index (κ3) is 3.19. The molecule has 2 aromatic rings. The SMILES string of the molecule is O=C(NS(=O)(=O)c1ccc(F)cc1)[C@@H]1CCOc2ccccc21. The van der Waals surface area contributed by atoms with Crippen molar-refractivity contribution in [2.45, 2.75) is 17.2 Å². The second-order valence-corrected chi connectivity index (χ2v) is 6.83. The zero-order valence-corrected chi connectivity index (χ0v) is 12.8. The maximum Gasteiger partial charge on any atom is 0.264 e. The van der Waals surface area contributed by atoms with Crippen molar-refractivity contribution in [2.75, 3.05) is 6.61 Å². The number of fused-ring (bicyclic) bond motifs is 1. The second-order valence-electron chi connectivity index (χ2n) is 5.15. The summed E-state index contributed by atoms with van der Waals surface area (Å²) in [6, 6.07) is 11.3. The molecular formula is C16H14FNO4S. The Morgan fingerprint density at radius 3 is 2.57 bits per heavy atom. The number of para-hydroxylation sites is 1. The van der Waals surface area contributed by atoms with Crippen molar-refractivity contribution < 1.29 is 22.3 Å². The van der Waals surface area contributed by atoms with Crippen LogP contribution in [0.1, 0.15) is 17.9 Å². The van der Waals surface area contributed by atoms with Crippen LogP contribution >= 0.6 is 0 Å². The monoisotopic (exact) mass is 335 g/mol. The van der Waals surface area contributed by atoms with Crippen LogP contribution in [0, 0.1) is 5.82 Å². The molecule has 1 aliphatic heterocycles. The van der Waals surface area contributed by atoms with Gasteiger partial charge in [0.05, 0.1) is 17.4 Å². The van der Waals surface area contributed by atoms with Crippen LogP contribution in [0.3, 0.4) is 0 Å². The molecule has 2 aromatic carbocycles. The topological polar surface area (TPSA) is 72.5 Å². The van der Waals surface area contributed by atoms with Gasteiger partial charge in [-0.05, 0) is 36.8 Å². The quantitative estimate of drug-likeness (QED) is 0.933. The molecule has 1 atom stereocenters. The number of benzene rings is 2. The summed E-state index contributed by atoms with van der Waals surface area (Å²) in [4.78, 5) is 12.2. The van der Waals surface area contributed by atoms with Gasteiger partial charge in [0.1, 0.15) is 11.6 Å². The highest BCUT2D eigenvalue weighted by Gasteiger charge is 2.30. The van der Waals surface area contributed by atoms with Gasteiger partial charge < -0.3 is 4.74 Å². The van der Waals surface area contributed by atoms with Gasteiger partial charge in [0, 0.05) is 5.56 Å². The number of carbonyl (C=O) groups excluding carboxylic acids is 1. The Morgan fingerprint density at radius 2 is 1.83 bits per heavy atom. The Hall–Kier alpha value is -2.41. The van der Waals surface area contributed by atoms with Gasteiger partial charge in [-0.1, -0.05) is 18.2 Å². The van der Waals surface area contributed by atoms with Crippen molar-refractivity contribution in [3.05, 3.63) is 59.9 Å². The number of rotatable bonds is 3. The van der Waals surface area contributed by atoms with E-state index >= 15 is 0 Å². The zero-order chi connectivity index (χ0) is 16.4. The molecule has 23 heavy (non-hydrogen) atoms. The molecule has 0 bridgehead atoms. The van der Waals surface area contributed by atoms with Crippen LogP contribution in [-0.2, 0) is 14.8 Å². The van der Waals surface area contributed by atoms with Crippen LogP contribution in [0.25, 0.3) is 0 Å². The lowest BCUT2D eigenvalue weighted by atomic mass is 9.93. The highest BCUT2D eigenvalue weighted by Crippen LogP contribution is 2.33. The van der Waals surface area contributed by atoms with Crippen molar-refractivity contribution >= 4 is 15.9 Å². The summed E-state index contributed by atoms with van der Waals surface area (Å²) in [6.07, 6.45) is 0.391. The van der Waals surface area contributed by atoms with Crippen molar-refractivity contribution in [1.82, 2.24) is 4.72 Å². The van der Waals surface area contributed by atoms with Gasteiger partial charge in [0.2, 0.25) is 5.91 Å². The molecule has 1 N–H and O–H groups in total. The number of halogens is 1. The zero-order valence-electron chi connectivity index (χ0n) is 12.0. The maximum atomic E-state index is 12.9. The summed E-state index contributed by atoms with van der Waals surface area (Å²) >= 11 is 0. The first-order valence-electron chi connectivity index (χ1n) is 7.01. The number of nitrogens with one attached hydrogen (secondary N) is 1. The van der Waals surface area contributed by atoms with Crippen LogP contribution in [0.5, 0.6) is 5.75 Å². The van der Waals surface area contributed by atoms with E-state index in [-0.39, 0.29) is 4.90 Å². The minimum Gasteiger partial charge on any atom is -0.493 e. The first-order chi connectivity index (χ1) is 11.0. The number of hydrogen-bond acceptors (Lipinski definition) is 4. The van der Waals surface area contributed by atoms with Crippen LogP contribution in [0.4, 0.5) is 4.39 Å². The van der Waals surface area contributed by atoms with Gasteiger partial charge in [-0.15, -0.1) is 0 Å². The van der Waals surface area contributed by atoms with Gasteiger partial charge in [-0.3, -0.25) is 4.79 Å². The smallest absolute Gasteiger partial charge is 0.264 e. The lowest BCUT2D eigenvalue weighted by Gasteiger charge is -2.24. The Kier molecular flexibility index (Phi) is 4.04. The van der Waals surface area contributed by atoms with Crippen molar-refractivity contribution in [3.8, 4) is 5.75 Å². The summed E-state index contributed by atoms with van der Waals surface area (Å²) in [5, 5.41) is 0. The van der Waals surface area contributed by atoms with Gasteiger partial charge in [-0.25, -0.2) is 17.5 Å². The number of ether oxygens (including phenoxy) is 1. The molecule has 120 valence electrons. The van der Waals surface area contributed by atoms with Crippen LogP contribution in [0.15, 0.2) is 53.4 Å². The Morgan fingerprint density at radius 1 is 1.13 bits per heavy atom. The number of carbonyl (C=O) groups is 1. The van der Waals surface area contributed by atoms with Gasteiger partial charge in [0.25, 0.3) is 10.0 Å².